The minimum Gasteiger partial charge on any atom is -0.481 e. The molecular formula is C24H39N5O16S. The van der Waals surface area contributed by atoms with Gasteiger partial charge in [-0.05, 0) is 19.3 Å². The summed E-state index contributed by atoms with van der Waals surface area (Å²) >= 11 is 0. The second-order valence-corrected chi connectivity index (χ2v) is 11.7. The van der Waals surface area contributed by atoms with Crippen LogP contribution in [0.25, 0.3) is 0 Å². The smallest absolute Gasteiger partial charge is 0.326 e. The van der Waals surface area contributed by atoms with Gasteiger partial charge in [-0.3, -0.25) is 38.6 Å². The number of carboxylic acids is 4. The summed E-state index contributed by atoms with van der Waals surface area (Å²) in [5, 5.41) is 49.3. The first kappa shape index (κ1) is 41.9. The van der Waals surface area contributed by atoms with E-state index < -0.39 is 125 Å². The van der Waals surface area contributed by atoms with Gasteiger partial charge in [-0.25, -0.2) is 15.6 Å². The van der Waals surface area contributed by atoms with Gasteiger partial charge in [0.05, 0.1) is 37.1 Å². The molecule has 0 aromatic heterocycles. The van der Waals surface area contributed by atoms with Crippen molar-refractivity contribution in [2.45, 2.75) is 94.6 Å². The van der Waals surface area contributed by atoms with E-state index in [-0.39, 0.29) is 12.7 Å². The maximum atomic E-state index is 13.5. The second-order valence-electron chi connectivity index (χ2n) is 10.2. The first-order chi connectivity index (χ1) is 21.2. The number of aliphatic carboxylic acids is 4. The molecule has 0 heterocycles. The van der Waals surface area contributed by atoms with Gasteiger partial charge in [0.15, 0.2) is 11.2 Å². The number of aldehydes is 1. The Morgan fingerprint density at radius 3 is 1.76 bits per heavy atom. The predicted molar refractivity (Wildman–Crippen MR) is 151 cm³/mol. The highest BCUT2D eigenvalue weighted by Crippen LogP contribution is 2.14. The van der Waals surface area contributed by atoms with E-state index in [2.05, 4.69) is 10.9 Å². The first-order valence-electron chi connectivity index (χ1n) is 13.5. The molecule has 0 fully saturated rings. The van der Waals surface area contributed by atoms with Crippen LogP contribution in [0.1, 0.15) is 52.9 Å². The quantitative estimate of drug-likeness (QED) is 0.0262. The van der Waals surface area contributed by atoms with E-state index in [0.29, 0.717) is 0 Å². The summed E-state index contributed by atoms with van der Waals surface area (Å²) in [6.45, 7) is 3.99. The van der Waals surface area contributed by atoms with Crippen molar-refractivity contribution >= 4 is 57.9 Å². The highest BCUT2D eigenvalue weighted by atomic mass is 32.2. The van der Waals surface area contributed by atoms with Gasteiger partial charge in [-0.15, -0.1) is 0 Å². The van der Waals surface area contributed by atoms with Crippen molar-refractivity contribution in [3.8, 4) is 0 Å². The van der Waals surface area contributed by atoms with Gasteiger partial charge < -0.3 is 41.0 Å². The summed E-state index contributed by atoms with van der Waals surface area (Å²) in [6, 6.07) is -8.95. The summed E-state index contributed by atoms with van der Waals surface area (Å²) < 4.78 is 34.7. The molecule has 11 N–H and O–H groups in total. The van der Waals surface area contributed by atoms with Crippen LogP contribution in [0, 0.1) is 5.92 Å². The van der Waals surface area contributed by atoms with Crippen LogP contribution in [0.15, 0.2) is 0 Å². The third-order valence-electron chi connectivity index (χ3n) is 6.43. The lowest BCUT2D eigenvalue weighted by Gasteiger charge is -2.30. The van der Waals surface area contributed by atoms with E-state index in [1.165, 1.54) is 6.92 Å². The fourth-order valence-corrected chi connectivity index (χ4v) is 4.54. The summed E-state index contributed by atoms with van der Waals surface area (Å²) in [6.07, 6.45) is -4.85. The zero-order valence-corrected chi connectivity index (χ0v) is 25.7. The fourth-order valence-electron chi connectivity index (χ4n) is 3.76. The first-order valence-corrected chi connectivity index (χ1v) is 15.1. The Hall–Kier alpha value is -4.09. The molecule has 3 unspecified atom stereocenters. The van der Waals surface area contributed by atoms with Crippen molar-refractivity contribution in [2.75, 3.05) is 0 Å². The summed E-state index contributed by atoms with van der Waals surface area (Å²) in [7, 11) is -5.45. The van der Waals surface area contributed by atoms with Crippen molar-refractivity contribution < 1.29 is 76.9 Å². The third kappa shape index (κ3) is 14.8. The summed E-state index contributed by atoms with van der Waals surface area (Å²) in [5.74, 6) is -11.2. The van der Waals surface area contributed by atoms with E-state index in [1.807, 2.05) is 10.6 Å². The number of carbonyl (C=O) groups is 8. The van der Waals surface area contributed by atoms with Crippen LogP contribution < -0.4 is 26.8 Å². The molecule has 0 aromatic carbocycles. The highest BCUT2D eigenvalue weighted by molar-refractivity contribution is 7.87. The molecule has 8 atom stereocenters. The standard InChI is InChI=1S/C24H39N5O16S/c1-4-10(2)18(29-28-12(9-30)7-16(34)35)20(38)23(46(43,44)45)26-13(5-6-15(32)33)21(39)27-19(11(3)31)22(40)25-14(24(41)42)8-17(36)37/h9-14,18-19,23,26,28-29,31H,4-8H2,1-3H3,(H,25,40)(H,27,39)(H,32,33)(H,34,35)(H,36,37)(H,41,42)(H,43,44,45)/t10?,11?,12-,13-,14-,18-,19-,23?/m0/s1. The molecule has 46 heavy (non-hydrogen) atoms. The van der Waals surface area contributed by atoms with E-state index in [4.69, 9.17) is 15.3 Å². The number of ketones is 1. The second kappa shape index (κ2) is 19.4. The van der Waals surface area contributed by atoms with Gasteiger partial charge >= 0.3 is 23.9 Å². The third-order valence-corrected chi connectivity index (χ3v) is 7.39. The molecule has 0 rings (SSSR count). The van der Waals surface area contributed by atoms with Crippen molar-refractivity contribution in [1.82, 2.24) is 26.8 Å². The Labute approximate surface area is 262 Å². The number of hydrazine groups is 1. The molecule has 262 valence electrons. The fraction of sp³-hybridized carbons (Fsp3) is 0.667. The lowest BCUT2D eigenvalue weighted by Crippen LogP contribution is -2.63. The normalized spacial score (nSPS) is 16.7. The SMILES string of the molecule is CCC(C)[C@H](NN[C@H](C=O)CC(=O)O)C(=O)C(N[C@@H](CCC(=O)O)C(=O)N[C@H](C(=O)N[C@@H](CC(=O)O)C(=O)O)C(C)O)S(=O)(=O)O. The monoisotopic (exact) mass is 685 g/mol. The Balaban J connectivity index is 6.41. The number of rotatable bonds is 24. The highest BCUT2D eigenvalue weighted by Gasteiger charge is 2.41. The lowest BCUT2D eigenvalue weighted by molar-refractivity contribution is -0.148. The minimum absolute atomic E-state index is 0.182. The number of aliphatic hydroxyl groups is 1. The number of amides is 2. The Kier molecular flexibility index (Phi) is 17.7. The molecule has 2 amide bonds. The summed E-state index contributed by atoms with van der Waals surface area (Å²) in [4.78, 5) is 95.1. The molecule has 0 saturated heterocycles. The van der Waals surface area contributed by atoms with Crippen LogP contribution >= 0.6 is 0 Å². The van der Waals surface area contributed by atoms with Crippen LogP contribution in [0.3, 0.4) is 0 Å². The Morgan fingerprint density at radius 2 is 1.35 bits per heavy atom. The number of hydrogen-bond donors (Lipinski definition) is 11. The largest absolute Gasteiger partial charge is 0.481 e. The van der Waals surface area contributed by atoms with Crippen LogP contribution in [0.5, 0.6) is 0 Å². The molecule has 21 nitrogen and oxygen atoms in total. The maximum absolute atomic E-state index is 13.5. The van der Waals surface area contributed by atoms with Gasteiger partial charge in [-0.2, -0.15) is 8.42 Å². The van der Waals surface area contributed by atoms with Gasteiger partial charge in [0, 0.05) is 6.42 Å². The van der Waals surface area contributed by atoms with E-state index in [1.54, 1.807) is 12.2 Å². The maximum Gasteiger partial charge on any atom is 0.326 e. The molecule has 0 radical (unpaired) electrons. The van der Waals surface area contributed by atoms with Crippen molar-refractivity contribution in [3.05, 3.63) is 0 Å². The van der Waals surface area contributed by atoms with Crippen molar-refractivity contribution in [3.63, 3.8) is 0 Å². The Morgan fingerprint density at radius 1 is 0.783 bits per heavy atom. The Bertz CT molecular complexity index is 1240. The van der Waals surface area contributed by atoms with Gasteiger partial charge in [-0.1, -0.05) is 20.3 Å². The van der Waals surface area contributed by atoms with Gasteiger partial charge in [0.2, 0.25) is 11.8 Å². The van der Waals surface area contributed by atoms with Crippen LogP contribution in [0.2, 0.25) is 0 Å². The lowest BCUT2D eigenvalue weighted by atomic mass is 9.95. The van der Waals surface area contributed by atoms with Crippen molar-refractivity contribution in [2.24, 2.45) is 5.92 Å². The van der Waals surface area contributed by atoms with Crippen LogP contribution in [-0.4, -0.2) is 128 Å². The molecule has 0 aliphatic rings. The number of aliphatic hydroxyl groups excluding tert-OH is 1. The number of Topliss-reactive ketones (excluding diaryl/α,β-unsaturated/α-hetero) is 1. The number of hydrogen-bond acceptors (Lipinski definition) is 14. The molecule has 0 spiro atoms. The topological polar surface area (TPSA) is 352 Å². The zero-order chi connectivity index (χ0) is 35.9. The molecule has 22 heteroatoms. The van der Waals surface area contributed by atoms with Crippen LogP contribution in [-0.2, 0) is 48.5 Å². The van der Waals surface area contributed by atoms with E-state index in [9.17, 15) is 61.5 Å². The average Bonchev–Trinajstić information content (AvgIpc) is 2.92. The molecule has 0 bridgehead atoms. The van der Waals surface area contributed by atoms with Gasteiger partial charge in [0.1, 0.15) is 18.4 Å². The average molecular weight is 686 g/mol. The number of carbonyl (C=O) groups excluding carboxylic acids is 4. The molecular weight excluding hydrogens is 646 g/mol. The van der Waals surface area contributed by atoms with E-state index >= 15 is 0 Å². The molecule has 0 aromatic rings. The zero-order valence-electron chi connectivity index (χ0n) is 24.9. The molecule has 0 aliphatic carbocycles. The molecule has 0 saturated carbocycles. The van der Waals surface area contributed by atoms with Crippen LogP contribution in [0.4, 0.5) is 0 Å². The summed E-state index contributed by atoms with van der Waals surface area (Å²) in [5.41, 5.74) is 4.63. The number of nitrogens with one attached hydrogen (secondary N) is 5. The molecule has 0 aliphatic heterocycles. The van der Waals surface area contributed by atoms with Gasteiger partial charge in [0.25, 0.3) is 10.1 Å². The van der Waals surface area contributed by atoms with Crippen molar-refractivity contribution in [1.29, 1.82) is 0 Å². The number of carboxylic acid groups (broad SMARTS) is 4. The predicted octanol–water partition coefficient (Wildman–Crippen LogP) is -3.95. The minimum atomic E-state index is -5.45. The van der Waals surface area contributed by atoms with E-state index in [0.717, 1.165) is 6.92 Å².